The highest BCUT2D eigenvalue weighted by Crippen LogP contribution is 2.32. The van der Waals surface area contributed by atoms with Crippen LogP contribution in [0.3, 0.4) is 0 Å². The Labute approximate surface area is 123 Å². The first kappa shape index (κ1) is 15.2. The van der Waals surface area contributed by atoms with E-state index >= 15 is 0 Å². The third-order valence-electron chi connectivity index (χ3n) is 3.00. The lowest BCUT2D eigenvalue weighted by Crippen LogP contribution is -2.28. The normalized spacial score (nSPS) is 12.6. The van der Waals surface area contributed by atoms with E-state index in [2.05, 4.69) is 10.6 Å². The van der Waals surface area contributed by atoms with Gasteiger partial charge in [-0.1, -0.05) is 13.3 Å². The van der Waals surface area contributed by atoms with Gasteiger partial charge in [0.2, 0.25) is 11.8 Å². The van der Waals surface area contributed by atoms with E-state index in [0.29, 0.717) is 36.9 Å². The zero-order valence-electron chi connectivity index (χ0n) is 12.1. The van der Waals surface area contributed by atoms with Gasteiger partial charge in [-0.15, -0.1) is 0 Å². The standard InChI is InChI=1S/C15H20N2O4/c1-2-3-6-16-14(18)10-15(19)17-11-4-5-12-13(9-11)21-8-7-20-12/h4-5,9H,2-3,6-8,10H2,1H3,(H,16,18)(H,17,19). The van der Waals surface area contributed by atoms with E-state index in [0.717, 1.165) is 12.8 Å². The molecule has 0 aliphatic carbocycles. The molecule has 1 aromatic carbocycles. The smallest absolute Gasteiger partial charge is 0.233 e. The molecule has 0 spiro atoms. The number of hydrogen-bond acceptors (Lipinski definition) is 4. The monoisotopic (exact) mass is 292 g/mol. The Morgan fingerprint density at radius 3 is 2.67 bits per heavy atom. The average molecular weight is 292 g/mol. The summed E-state index contributed by atoms with van der Waals surface area (Å²) < 4.78 is 10.8. The van der Waals surface area contributed by atoms with Gasteiger partial charge in [0.25, 0.3) is 0 Å². The Hall–Kier alpha value is -2.24. The molecule has 0 saturated carbocycles. The Morgan fingerprint density at radius 2 is 1.90 bits per heavy atom. The van der Waals surface area contributed by atoms with Crippen molar-refractivity contribution < 1.29 is 19.1 Å². The van der Waals surface area contributed by atoms with E-state index in [9.17, 15) is 9.59 Å². The van der Waals surface area contributed by atoms with Gasteiger partial charge < -0.3 is 20.1 Å². The van der Waals surface area contributed by atoms with Crippen LogP contribution < -0.4 is 20.1 Å². The van der Waals surface area contributed by atoms with Crippen molar-refractivity contribution in [3.8, 4) is 11.5 Å². The molecule has 0 saturated heterocycles. The van der Waals surface area contributed by atoms with Gasteiger partial charge in [0.15, 0.2) is 11.5 Å². The summed E-state index contributed by atoms with van der Waals surface area (Å²) >= 11 is 0. The molecule has 21 heavy (non-hydrogen) atoms. The fraction of sp³-hybridized carbons (Fsp3) is 0.467. The molecule has 1 aliphatic rings. The molecular weight excluding hydrogens is 272 g/mol. The molecule has 2 amide bonds. The third kappa shape index (κ3) is 4.66. The van der Waals surface area contributed by atoms with Crippen molar-refractivity contribution in [2.45, 2.75) is 26.2 Å². The van der Waals surface area contributed by atoms with Gasteiger partial charge in [0.05, 0.1) is 0 Å². The number of fused-ring (bicyclic) bond motifs is 1. The summed E-state index contributed by atoms with van der Waals surface area (Å²) in [5.74, 6) is 0.655. The summed E-state index contributed by atoms with van der Waals surface area (Å²) in [6, 6.07) is 5.16. The molecule has 6 heteroatoms. The molecule has 2 N–H and O–H groups in total. The van der Waals surface area contributed by atoms with Crippen LogP contribution in [0.1, 0.15) is 26.2 Å². The maximum Gasteiger partial charge on any atom is 0.233 e. The van der Waals surface area contributed by atoms with Crippen LogP contribution in [-0.2, 0) is 9.59 Å². The van der Waals surface area contributed by atoms with Gasteiger partial charge in [-0.05, 0) is 18.6 Å². The number of rotatable bonds is 6. The van der Waals surface area contributed by atoms with Crippen LogP contribution in [0.2, 0.25) is 0 Å². The molecule has 0 radical (unpaired) electrons. The van der Waals surface area contributed by atoms with E-state index in [1.165, 1.54) is 0 Å². The first-order chi connectivity index (χ1) is 10.2. The van der Waals surface area contributed by atoms with Gasteiger partial charge in [-0.25, -0.2) is 0 Å². The second-order valence-corrected chi connectivity index (χ2v) is 4.79. The minimum Gasteiger partial charge on any atom is -0.486 e. The number of nitrogens with one attached hydrogen (secondary N) is 2. The molecule has 1 heterocycles. The number of anilines is 1. The lowest BCUT2D eigenvalue weighted by molar-refractivity contribution is -0.126. The number of hydrogen-bond donors (Lipinski definition) is 2. The fourth-order valence-corrected chi connectivity index (χ4v) is 1.94. The van der Waals surface area contributed by atoms with Gasteiger partial charge in [0, 0.05) is 18.3 Å². The van der Waals surface area contributed by atoms with Crippen molar-refractivity contribution in [1.29, 1.82) is 0 Å². The molecule has 0 bridgehead atoms. The van der Waals surface area contributed by atoms with Crippen molar-refractivity contribution in [2.24, 2.45) is 0 Å². The highest BCUT2D eigenvalue weighted by molar-refractivity contribution is 6.03. The predicted molar refractivity (Wildman–Crippen MR) is 78.6 cm³/mol. The summed E-state index contributed by atoms with van der Waals surface area (Å²) in [5.41, 5.74) is 0.589. The van der Waals surface area contributed by atoms with Crippen molar-refractivity contribution in [1.82, 2.24) is 5.32 Å². The summed E-state index contributed by atoms with van der Waals surface area (Å²) in [4.78, 5) is 23.3. The van der Waals surface area contributed by atoms with E-state index in [1.54, 1.807) is 18.2 Å². The zero-order chi connectivity index (χ0) is 15.1. The first-order valence-corrected chi connectivity index (χ1v) is 7.15. The number of carbonyl (C=O) groups excluding carboxylic acids is 2. The maximum absolute atomic E-state index is 11.8. The predicted octanol–water partition coefficient (Wildman–Crippen LogP) is 1.70. The van der Waals surface area contributed by atoms with E-state index in [1.807, 2.05) is 6.92 Å². The molecule has 0 aromatic heterocycles. The average Bonchev–Trinajstić information content (AvgIpc) is 2.47. The highest BCUT2D eigenvalue weighted by atomic mass is 16.6. The van der Waals surface area contributed by atoms with E-state index in [-0.39, 0.29) is 18.2 Å². The number of ether oxygens (including phenoxy) is 2. The van der Waals surface area contributed by atoms with Gasteiger partial charge >= 0.3 is 0 Å². The molecule has 0 atom stereocenters. The molecule has 2 rings (SSSR count). The van der Waals surface area contributed by atoms with Crippen LogP contribution in [0.4, 0.5) is 5.69 Å². The Balaban J connectivity index is 1.83. The van der Waals surface area contributed by atoms with Crippen LogP contribution in [0.15, 0.2) is 18.2 Å². The van der Waals surface area contributed by atoms with Crippen molar-refractivity contribution >= 4 is 17.5 Å². The number of carbonyl (C=O) groups is 2. The second kappa shape index (κ2) is 7.52. The summed E-state index contributed by atoms with van der Waals surface area (Å²) in [5, 5.41) is 5.38. The van der Waals surface area contributed by atoms with E-state index in [4.69, 9.17) is 9.47 Å². The topological polar surface area (TPSA) is 76.7 Å². The summed E-state index contributed by atoms with van der Waals surface area (Å²) in [7, 11) is 0. The second-order valence-electron chi connectivity index (χ2n) is 4.79. The lowest BCUT2D eigenvalue weighted by Gasteiger charge is -2.19. The molecular formula is C15H20N2O4. The van der Waals surface area contributed by atoms with Crippen molar-refractivity contribution in [3.63, 3.8) is 0 Å². The van der Waals surface area contributed by atoms with Gasteiger partial charge in [-0.2, -0.15) is 0 Å². The number of amides is 2. The molecule has 1 aromatic rings. The largest absolute Gasteiger partial charge is 0.486 e. The molecule has 0 fully saturated rings. The van der Waals surface area contributed by atoms with Crippen molar-refractivity contribution in [2.75, 3.05) is 25.1 Å². The lowest BCUT2D eigenvalue weighted by atomic mass is 10.2. The Morgan fingerprint density at radius 1 is 1.14 bits per heavy atom. The van der Waals surface area contributed by atoms with Gasteiger partial charge in [-0.3, -0.25) is 9.59 Å². The fourth-order valence-electron chi connectivity index (χ4n) is 1.94. The highest BCUT2D eigenvalue weighted by Gasteiger charge is 2.14. The minimum absolute atomic E-state index is 0.182. The maximum atomic E-state index is 11.8. The van der Waals surface area contributed by atoms with Crippen LogP contribution in [0, 0.1) is 0 Å². The minimum atomic E-state index is -0.347. The number of benzene rings is 1. The SMILES string of the molecule is CCCCNC(=O)CC(=O)Nc1ccc2c(c1)OCCO2. The van der Waals surface area contributed by atoms with Crippen molar-refractivity contribution in [3.05, 3.63) is 18.2 Å². The molecule has 0 unspecified atom stereocenters. The van der Waals surface area contributed by atoms with Gasteiger partial charge in [0.1, 0.15) is 19.6 Å². The van der Waals surface area contributed by atoms with Crippen LogP contribution >= 0.6 is 0 Å². The summed E-state index contributed by atoms with van der Waals surface area (Å²) in [6.07, 6.45) is 1.73. The molecule has 114 valence electrons. The zero-order valence-corrected chi connectivity index (χ0v) is 12.1. The quantitative estimate of drug-likeness (QED) is 0.618. The summed E-state index contributed by atoms with van der Waals surface area (Å²) in [6.45, 7) is 3.66. The van der Waals surface area contributed by atoms with E-state index < -0.39 is 0 Å². The first-order valence-electron chi connectivity index (χ1n) is 7.15. The third-order valence-corrected chi connectivity index (χ3v) is 3.00. The molecule has 1 aliphatic heterocycles. The Bertz CT molecular complexity index is 516. The van der Waals surface area contributed by atoms with Crippen LogP contribution in [0.5, 0.6) is 11.5 Å². The van der Waals surface area contributed by atoms with Crippen LogP contribution in [-0.4, -0.2) is 31.6 Å². The molecule has 6 nitrogen and oxygen atoms in total. The van der Waals surface area contributed by atoms with Crippen LogP contribution in [0.25, 0.3) is 0 Å². The number of unbranched alkanes of at least 4 members (excludes halogenated alkanes) is 1. The Kier molecular flexibility index (Phi) is 5.43.